The minimum atomic E-state index is -0.713. The van der Waals surface area contributed by atoms with Gasteiger partial charge >= 0.3 is 12.2 Å². The van der Waals surface area contributed by atoms with E-state index in [1.807, 2.05) is 63.7 Å². The summed E-state index contributed by atoms with van der Waals surface area (Å²) >= 11 is 0. The van der Waals surface area contributed by atoms with Gasteiger partial charge < -0.3 is 49.8 Å². The molecule has 2 fully saturated rings. The summed E-state index contributed by atoms with van der Waals surface area (Å²) in [4.78, 5) is 79.4. The highest BCUT2D eigenvalue weighted by atomic mass is 16.5. The molecule has 16 nitrogen and oxygen atoms in total. The second kappa shape index (κ2) is 17.1. The minimum Gasteiger partial charge on any atom is -0.453 e. The van der Waals surface area contributed by atoms with Crippen LogP contribution in [-0.2, 0) is 19.1 Å². The number of alkyl carbamates (subject to hydrolysis) is 2. The summed E-state index contributed by atoms with van der Waals surface area (Å²) in [5.74, 6) is 0.858. The Morgan fingerprint density at radius 2 is 1.05 bits per heavy atom. The van der Waals surface area contributed by atoms with Crippen molar-refractivity contribution < 1.29 is 28.7 Å². The Balaban J connectivity index is 1.08. The molecule has 62 heavy (non-hydrogen) atoms. The summed E-state index contributed by atoms with van der Waals surface area (Å²) in [6, 6.07) is 10.9. The standard InChI is InChI=1S/C46H56N10O6/c1-23(2)37(53-45(59)61-7)43(57)55-17-9-11-35(55)41-47-21-33(51-41)28-14-15-29(39-32(28)20-26(6)49-39)27-13-16-30(40-31(27)19-25(5)50-40)34-22-48-42(52-34)36-12-10-18-56(36)44(58)38(24(3)4)54-46(60)62-8/h13-16,19-24,35-38,49-50H,9-12,17-18H2,1-8H3,(H,47,51)(H,48,52)(H,53,59)(H,54,60)/t35-,36-,37-,38-/m0/s1. The van der Waals surface area contributed by atoms with Crippen LogP contribution in [0.3, 0.4) is 0 Å². The molecule has 6 heterocycles. The molecule has 2 saturated heterocycles. The van der Waals surface area contributed by atoms with E-state index in [0.29, 0.717) is 24.7 Å². The summed E-state index contributed by atoms with van der Waals surface area (Å²) in [6.07, 6.45) is 5.57. The summed E-state index contributed by atoms with van der Waals surface area (Å²) in [7, 11) is 2.59. The molecule has 6 aromatic rings. The Morgan fingerprint density at radius 3 is 1.53 bits per heavy atom. The van der Waals surface area contributed by atoms with Crippen molar-refractivity contribution >= 4 is 45.8 Å². The van der Waals surface area contributed by atoms with Crippen molar-refractivity contribution in [3.63, 3.8) is 0 Å². The number of aryl methyl sites for hydroxylation is 2. The van der Waals surface area contributed by atoms with Crippen molar-refractivity contribution in [2.75, 3.05) is 27.3 Å². The molecule has 16 heteroatoms. The van der Waals surface area contributed by atoms with Gasteiger partial charge in [-0.2, -0.15) is 0 Å². The van der Waals surface area contributed by atoms with Crippen LogP contribution in [0.5, 0.6) is 0 Å². The van der Waals surface area contributed by atoms with E-state index in [-0.39, 0.29) is 35.7 Å². The molecule has 0 aliphatic carbocycles. The third kappa shape index (κ3) is 7.77. The molecule has 0 radical (unpaired) electrons. The van der Waals surface area contributed by atoms with Gasteiger partial charge in [0.1, 0.15) is 23.7 Å². The van der Waals surface area contributed by atoms with Gasteiger partial charge in [0.15, 0.2) is 0 Å². The Morgan fingerprint density at radius 1 is 0.629 bits per heavy atom. The van der Waals surface area contributed by atoms with Crippen LogP contribution in [0.1, 0.15) is 88.5 Å². The largest absolute Gasteiger partial charge is 0.453 e. The molecule has 4 amide bonds. The average Bonchev–Trinajstić information content (AvgIpc) is 4.11. The quantitative estimate of drug-likeness (QED) is 0.0757. The van der Waals surface area contributed by atoms with Crippen molar-refractivity contribution in [2.45, 2.75) is 91.4 Å². The lowest BCUT2D eigenvalue weighted by atomic mass is 9.94. The Hall–Kier alpha value is -6.58. The number of methoxy groups -OCH3 is 2. The third-order valence-electron chi connectivity index (χ3n) is 12.4. The molecule has 2 aromatic carbocycles. The number of benzene rings is 2. The maximum Gasteiger partial charge on any atom is 0.407 e. The molecular weight excluding hydrogens is 789 g/mol. The average molecular weight is 845 g/mol. The van der Waals surface area contributed by atoms with Gasteiger partial charge in [0.25, 0.3) is 0 Å². The van der Waals surface area contributed by atoms with Gasteiger partial charge in [-0.3, -0.25) is 9.59 Å². The molecule has 4 aromatic heterocycles. The molecule has 0 bridgehead atoms. The molecule has 2 aliphatic rings. The highest BCUT2D eigenvalue weighted by Gasteiger charge is 2.39. The summed E-state index contributed by atoms with van der Waals surface area (Å²) in [5, 5.41) is 7.54. The molecule has 0 spiro atoms. The molecule has 4 atom stereocenters. The number of nitrogens with one attached hydrogen (secondary N) is 6. The van der Waals surface area contributed by atoms with Crippen molar-refractivity contribution in [1.29, 1.82) is 0 Å². The number of rotatable bonds is 11. The first kappa shape index (κ1) is 42.1. The lowest BCUT2D eigenvalue weighted by Crippen LogP contribution is -2.51. The SMILES string of the molecule is COC(=O)N[C@H](C(=O)N1CCC[C@H]1c1ncc(-c2ccc(-c3ccc(-c4cnc([C@@H]5CCCN5C(=O)[C@@H](NC(=O)OC)C(C)C)[nH]4)c4[nH]c(C)cc34)c3[nH]c(C)cc23)[nH]1)C(C)C. The van der Waals surface area contributed by atoms with Gasteiger partial charge in [-0.05, 0) is 69.1 Å². The van der Waals surface area contributed by atoms with Crippen LogP contribution < -0.4 is 10.6 Å². The van der Waals surface area contributed by atoms with E-state index in [2.05, 4.69) is 67.0 Å². The first-order valence-corrected chi connectivity index (χ1v) is 21.4. The predicted octanol–water partition coefficient (Wildman–Crippen LogP) is 7.80. The van der Waals surface area contributed by atoms with Crippen molar-refractivity contribution in [3.05, 3.63) is 71.8 Å². The zero-order valence-corrected chi connectivity index (χ0v) is 36.6. The van der Waals surface area contributed by atoms with Gasteiger partial charge in [-0.15, -0.1) is 0 Å². The number of imidazole rings is 2. The van der Waals surface area contributed by atoms with Crippen LogP contribution in [0.2, 0.25) is 0 Å². The number of aromatic nitrogens is 6. The first-order valence-electron chi connectivity index (χ1n) is 21.4. The van der Waals surface area contributed by atoms with Crippen LogP contribution in [-0.4, -0.2) is 103 Å². The number of carbonyl (C=O) groups excluding carboxylic acids is 4. The van der Waals surface area contributed by atoms with Crippen LogP contribution in [0.4, 0.5) is 9.59 Å². The maximum absolute atomic E-state index is 13.8. The van der Waals surface area contributed by atoms with Crippen LogP contribution in [0, 0.1) is 25.7 Å². The van der Waals surface area contributed by atoms with Gasteiger partial charge in [-0.25, -0.2) is 19.6 Å². The van der Waals surface area contributed by atoms with E-state index in [1.54, 1.807) is 0 Å². The first-order chi connectivity index (χ1) is 29.8. The number of hydrogen-bond donors (Lipinski definition) is 6. The zero-order valence-electron chi connectivity index (χ0n) is 36.6. The normalized spacial score (nSPS) is 17.6. The Bertz CT molecular complexity index is 2470. The lowest BCUT2D eigenvalue weighted by Gasteiger charge is -2.30. The van der Waals surface area contributed by atoms with E-state index in [9.17, 15) is 19.2 Å². The summed E-state index contributed by atoms with van der Waals surface area (Å²) in [6.45, 7) is 12.9. The minimum absolute atomic E-state index is 0.126. The molecule has 326 valence electrons. The van der Waals surface area contributed by atoms with Gasteiger partial charge in [0.05, 0.1) is 61.1 Å². The second-order valence-electron chi connectivity index (χ2n) is 17.3. The number of fused-ring (bicyclic) bond motifs is 2. The number of ether oxygens (including phenoxy) is 2. The van der Waals surface area contributed by atoms with Crippen molar-refractivity contribution in [2.24, 2.45) is 11.8 Å². The second-order valence-corrected chi connectivity index (χ2v) is 17.3. The zero-order chi connectivity index (χ0) is 44.0. The van der Waals surface area contributed by atoms with Crippen LogP contribution in [0.15, 0.2) is 48.8 Å². The number of likely N-dealkylation sites (tertiary alicyclic amines) is 2. The highest BCUT2D eigenvalue weighted by molar-refractivity contribution is 6.10. The number of amides is 4. The lowest BCUT2D eigenvalue weighted by molar-refractivity contribution is -0.136. The Kier molecular flexibility index (Phi) is 11.6. The molecule has 0 unspecified atom stereocenters. The number of aromatic amines is 4. The van der Waals surface area contributed by atoms with E-state index < -0.39 is 24.3 Å². The van der Waals surface area contributed by atoms with Gasteiger partial charge in [0, 0.05) is 51.9 Å². The van der Waals surface area contributed by atoms with Gasteiger partial charge in [-0.1, -0.05) is 52.0 Å². The van der Waals surface area contributed by atoms with Gasteiger partial charge in [0.2, 0.25) is 11.8 Å². The third-order valence-corrected chi connectivity index (χ3v) is 12.4. The molecular formula is C46H56N10O6. The van der Waals surface area contributed by atoms with Crippen molar-refractivity contribution in [3.8, 4) is 33.6 Å². The summed E-state index contributed by atoms with van der Waals surface area (Å²) < 4.78 is 9.61. The van der Waals surface area contributed by atoms with Crippen LogP contribution in [0.25, 0.3) is 55.4 Å². The highest BCUT2D eigenvalue weighted by Crippen LogP contribution is 2.42. The fourth-order valence-corrected chi connectivity index (χ4v) is 9.30. The molecule has 0 saturated carbocycles. The maximum atomic E-state index is 13.8. The van der Waals surface area contributed by atoms with E-state index in [1.165, 1.54) is 14.2 Å². The van der Waals surface area contributed by atoms with Crippen molar-refractivity contribution in [1.82, 2.24) is 50.3 Å². The monoisotopic (exact) mass is 844 g/mol. The number of H-pyrrole nitrogens is 4. The van der Waals surface area contributed by atoms with E-state index in [4.69, 9.17) is 19.4 Å². The van der Waals surface area contributed by atoms with Crippen LogP contribution >= 0.6 is 0 Å². The molecule has 6 N–H and O–H groups in total. The molecule has 2 aliphatic heterocycles. The summed E-state index contributed by atoms with van der Waals surface area (Å²) in [5.41, 5.74) is 9.71. The smallest absolute Gasteiger partial charge is 0.407 e. The number of hydrogen-bond acceptors (Lipinski definition) is 8. The predicted molar refractivity (Wildman–Crippen MR) is 236 cm³/mol. The van der Waals surface area contributed by atoms with E-state index in [0.717, 1.165) is 92.5 Å². The van der Waals surface area contributed by atoms with E-state index >= 15 is 0 Å². The topological polar surface area (TPSA) is 206 Å². The number of nitrogens with zero attached hydrogens (tertiary/aromatic N) is 4. The Labute approximate surface area is 359 Å². The fraction of sp³-hybridized carbons (Fsp3) is 0.435. The molecule has 8 rings (SSSR count). The fourth-order valence-electron chi connectivity index (χ4n) is 9.30. The number of carbonyl (C=O) groups is 4.